The third-order valence-electron chi connectivity index (χ3n) is 3.38. The number of aliphatic carboxylic acids is 1. The van der Waals surface area contributed by atoms with Crippen LogP contribution in [0.5, 0.6) is 0 Å². The molecule has 0 unspecified atom stereocenters. The molecule has 0 radical (unpaired) electrons. The molecule has 1 fully saturated rings. The molecule has 1 aromatic carbocycles. The molecule has 3 nitrogen and oxygen atoms in total. The van der Waals surface area contributed by atoms with E-state index in [4.69, 9.17) is 5.11 Å². The van der Waals surface area contributed by atoms with E-state index in [9.17, 15) is 4.79 Å². The number of carboxylic acids is 1. The molecule has 1 aromatic rings. The Morgan fingerprint density at radius 1 is 1.44 bits per heavy atom. The average Bonchev–Trinajstić information content (AvgIpc) is 3.12. The first kappa shape index (κ1) is 13.1. The summed E-state index contributed by atoms with van der Waals surface area (Å²) in [6, 6.07) is 8.80. The molecule has 3 heteroatoms. The zero-order valence-electron chi connectivity index (χ0n) is 10.9. The monoisotopic (exact) mass is 247 g/mol. The van der Waals surface area contributed by atoms with Crippen LogP contribution in [0.1, 0.15) is 42.7 Å². The molecule has 0 heterocycles. The molecule has 1 aliphatic carbocycles. The highest BCUT2D eigenvalue weighted by Gasteiger charge is 2.23. The lowest BCUT2D eigenvalue weighted by Gasteiger charge is -2.16. The normalized spacial score (nSPS) is 15.0. The van der Waals surface area contributed by atoms with E-state index in [-0.39, 0.29) is 6.42 Å². The Morgan fingerprint density at radius 3 is 2.89 bits per heavy atom. The zero-order valence-corrected chi connectivity index (χ0v) is 10.9. The summed E-state index contributed by atoms with van der Waals surface area (Å²) in [5.41, 5.74) is 2.80. The SMILES string of the molecule is CN(CCCC(=O)O)Cc1cccc(C2CC2)c1. The van der Waals surface area contributed by atoms with Crippen LogP contribution in [-0.4, -0.2) is 29.6 Å². The topological polar surface area (TPSA) is 40.5 Å². The van der Waals surface area contributed by atoms with Crippen molar-refractivity contribution in [2.45, 2.75) is 38.1 Å². The van der Waals surface area contributed by atoms with Gasteiger partial charge in [-0.2, -0.15) is 0 Å². The summed E-state index contributed by atoms with van der Waals surface area (Å²) in [5.74, 6) is 0.0846. The van der Waals surface area contributed by atoms with Crippen LogP contribution < -0.4 is 0 Å². The lowest BCUT2D eigenvalue weighted by molar-refractivity contribution is -0.137. The van der Waals surface area contributed by atoms with Crippen LogP contribution in [0.4, 0.5) is 0 Å². The van der Waals surface area contributed by atoms with Crippen molar-refractivity contribution in [2.75, 3.05) is 13.6 Å². The number of hydrogen-bond donors (Lipinski definition) is 1. The van der Waals surface area contributed by atoms with Crippen molar-refractivity contribution in [2.24, 2.45) is 0 Å². The number of hydrogen-bond acceptors (Lipinski definition) is 2. The van der Waals surface area contributed by atoms with E-state index in [1.165, 1.54) is 24.0 Å². The highest BCUT2D eigenvalue weighted by molar-refractivity contribution is 5.66. The molecule has 0 saturated heterocycles. The Balaban J connectivity index is 1.80. The number of nitrogens with zero attached hydrogens (tertiary/aromatic N) is 1. The second kappa shape index (κ2) is 6.01. The first-order chi connectivity index (χ1) is 8.65. The van der Waals surface area contributed by atoms with E-state index in [0.29, 0.717) is 6.42 Å². The van der Waals surface area contributed by atoms with Gasteiger partial charge in [0, 0.05) is 13.0 Å². The van der Waals surface area contributed by atoms with Crippen LogP contribution in [0.3, 0.4) is 0 Å². The third kappa shape index (κ3) is 4.15. The summed E-state index contributed by atoms with van der Waals surface area (Å²) in [5, 5.41) is 8.60. The van der Waals surface area contributed by atoms with Gasteiger partial charge in [0.05, 0.1) is 0 Å². The van der Waals surface area contributed by atoms with Crippen LogP contribution in [0, 0.1) is 0 Å². The first-order valence-electron chi connectivity index (χ1n) is 6.64. The Labute approximate surface area is 108 Å². The van der Waals surface area contributed by atoms with Crippen molar-refractivity contribution < 1.29 is 9.90 Å². The van der Waals surface area contributed by atoms with Crippen LogP contribution in [0.25, 0.3) is 0 Å². The second-order valence-corrected chi connectivity index (χ2v) is 5.25. The second-order valence-electron chi connectivity index (χ2n) is 5.25. The van der Waals surface area contributed by atoms with Crippen molar-refractivity contribution in [3.63, 3.8) is 0 Å². The molecular formula is C15H21NO2. The fourth-order valence-electron chi connectivity index (χ4n) is 2.25. The van der Waals surface area contributed by atoms with Crippen LogP contribution in [0.15, 0.2) is 24.3 Å². The molecular weight excluding hydrogens is 226 g/mol. The van der Waals surface area contributed by atoms with Crippen LogP contribution in [0.2, 0.25) is 0 Å². The minimum atomic E-state index is -0.709. The van der Waals surface area contributed by atoms with E-state index in [1.54, 1.807) is 0 Å². The average molecular weight is 247 g/mol. The van der Waals surface area contributed by atoms with Crippen molar-refractivity contribution in [3.05, 3.63) is 35.4 Å². The van der Waals surface area contributed by atoms with E-state index in [1.807, 2.05) is 7.05 Å². The van der Waals surface area contributed by atoms with Gasteiger partial charge in [0.25, 0.3) is 0 Å². The number of carbonyl (C=O) groups is 1. The number of rotatable bonds is 7. The van der Waals surface area contributed by atoms with Gasteiger partial charge in [0.1, 0.15) is 0 Å². The maximum Gasteiger partial charge on any atom is 0.303 e. The van der Waals surface area contributed by atoms with Crippen molar-refractivity contribution in [3.8, 4) is 0 Å². The van der Waals surface area contributed by atoms with Gasteiger partial charge in [-0.15, -0.1) is 0 Å². The Kier molecular flexibility index (Phi) is 4.37. The quantitative estimate of drug-likeness (QED) is 0.805. The van der Waals surface area contributed by atoms with Crippen molar-refractivity contribution >= 4 is 5.97 Å². The van der Waals surface area contributed by atoms with Gasteiger partial charge in [-0.3, -0.25) is 4.79 Å². The highest BCUT2D eigenvalue weighted by atomic mass is 16.4. The van der Waals surface area contributed by atoms with Gasteiger partial charge in [-0.1, -0.05) is 24.3 Å². The summed E-state index contributed by atoms with van der Waals surface area (Å²) in [7, 11) is 2.05. The summed E-state index contributed by atoms with van der Waals surface area (Å²) in [6.45, 7) is 1.74. The van der Waals surface area contributed by atoms with Gasteiger partial charge in [0.2, 0.25) is 0 Å². The standard InChI is InChI=1S/C15H21NO2/c1-16(9-3-6-15(17)18)11-12-4-2-5-14(10-12)13-7-8-13/h2,4-5,10,13H,3,6-9,11H2,1H3,(H,17,18). The fourth-order valence-corrected chi connectivity index (χ4v) is 2.25. The molecule has 1 aliphatic rings. The minimum absolute atomic E-state index is 0.256. The summed E-state index contributed by atoms with van der Waals surface area (Å²) < 4.78 is 0. The minimum Gasteiger partial charge on any atom is -0.481 e. The molecule has 18 heavy (non-hydrogen) atoms. The maximum absolute atomic E-state index is 10.4. The zero-order chi connectivity index (χ0) is 13.0. The van der Waals surface area contributed by atoms with Gasteiger partial charge in [0.15, 0.2) is 0 Å². The Bertz CT molecular complexity index is 413. The van der Waals surface area contributed by atoms with Gasteiger partial charge in [-0.25, -0.2) is 0 Å². The molecule has 0 aliphatic heterocycles. The van der Waals surface area contributed by atoms with Crippen molar-refractivity contribution in [1.82, 2.24) is 4.90 Å². The van der Waals surface area contributed by atoms with Crippen LogP contribution >= 0.6 is 0 Å². The van der Waals surface area contributed by atoms with E-state index in [2.05, 4.69) is 29.2 Å². The molecule has 98 valence electrons. The predicted octanol–water partition coefficient (Wildman–Crippen LogP) is 2.86. The van der Waals surface area contributed by atoms with Gasteiger partial charge >= 0.3 is 5.97 Å². The van der Waals surface area contributed by atoms with Gasteiger partial charge in [-0.05, 0) is 49.9 Å². The van der Waals surface area contributed by atoms with Crippen molar-refractivity contribution in [1.29, 1.82) is 0 Å². The smallest absolute Gasteiger partial charge is 0.303 e. The molecule has 0 aromatic heterocycles. The molecule has 0 atom stereocenters. The predicted molar refractivity (Wildman–Crippen MR) is 71.6 cm³/mol. The van der Waals surface area contributed by atoms with Crippen LogP contribution in [-0.2, 0) is 11.3 Å². The summed E-state index contributed by atoms with van der Waals surface area (Å²) in [4.78, 5) is 12.6. The molecule has 0 bridgehead atoms. The first-order valence-corrected chi connectivity index (χ1v) is 6.64. The Hall–Kier alpha value is -1.35. The molecule has 0 amide bonds. The maximum atomic E-state index is 10.4. The third-order valence-corrected chi connectivity index (χ3v) is 3.38. The summed E-state index contributed by atoms with van der Waals surface area (Å²) in [6.07, 6.45) is 3.64. The molecule has 2 rings (SSSR count). The fraction of sp³-hybridized carbons (Fsp3) is 0.533. The van der Waals surface area contributed by atoms with Gasteiger partial charge < -0.3 is 10.0 Å². The highest BCUT2D eigenvalue weighted by Crippen LogP contribution is 2.40. The lowest BCUT2D eigenvalue weighted by atomic mass is 10.1. The number of carboxylic acid groups (broad SMARTS) is 1. The largest absolute Gasteiger partial charge is 0.481 e. The number of benzene rings is 1. The molecule has 0 spiro atoms. The Morgan fingerprint density at radius 2 is 2.22 bits per heavy atom. The van der Waals surface area contributed by atoms with E-state index >= 15 is 0 Å². The van der Waals surface area contributed by atoms with E-state index < -0.39 is 5.97 Å². The molecule has 1 N–H and O–H groups in total. The van der Waals surface area contributed by atoms with E-state index in [0.717, 1.165) is 19.0 Å². The molecule has 1 saturated carbocycles. The lowest BCUT2D eigenvalue weighted by Crippen LogP contribution is -2.19. The summed E-state index contributed by atoms with van der Waals surface area (Å²) >= 11 is 0.